The van der Waals surface area contributed by atoms with Crippen LogP contribution in [0.4, 0.5) is 17.6 Å². The maximum absolute atomic E-state index is 14.1. The number of hydrogen-bond acceptors (Lipinski definition) is 4. The minimum atomic E-state index is -4.88. The highest BCUT2D eigenvalue weighted by Crippen LogP contribution is 2.34. The van der Waals surface area contributed by atoms with Gasteiger partial charge in [-0.2, -0.15) is 18.3 Å². The molecule has 0 bridgehead atoms. The Morgan fingerprint density at radius 2 is 1.89 bits per heavy atom. The second-order valence-corrected chi connectivity index (χ2v) is 9.06. The van der Waals surface area contributed by atoms with Crippen molar-refractivity contribution < 1.29 is 27.1 Å². The number of methoxy groups -OCH3 is 1. The summed E-state index contributed by atoms with van der Waals surface area (Å²) in [6.45, 7) is 0.250. The number of carbonyl (C=O) groups excluding carboxylic acids is 1. The van der Waals surface area contributed by atoms with E-state index in [1.54, 1.807) is 25.4 Å². The lowest BCUT2D eigenvalue weighted by Gasteiger charge is -2.17. The lowest BCUT2D eigenvalue weighted by Crippen LogP contribution is -2.23. The number of ether oxygens (including phenoxy) is 1. The van der Waals surface area contributed by atoms with E-state index in [0.29, 0.717) is 5.75 Å². The molecular formula is C29H23F4N3O2. The molecule has 9 heteroatoms. The predicted octanol–water partition coefficient (Wildman–Crippen LogP) is 6.36. The Hall–Kier alpha value is -4.27. The molecule has 194 valence electrons. The number of halogens is 4. The summed E-state index contributed by atoms with van der Waals surface area (Å²) in [6.07, 6.45) is -2.96. The number of nitrogens with zero attached hydrogens (tertiary/aromatic N) is 3. The number of rotatable bonds is 6. The summed E-state index contributed by atoms with van der Waals surface area (Å²) in [7, 11) is 1.56. The van der Waals surface area contributed by atoms with Crippen LogP contribution in [0.1, 0.15) is 34.6 Å². The molecule has 5 rings (SSSR count). The molecule has 1 aliphatic heterocycles. The van der Waals surface area contributed by atoms with Crippen molar-refractivity contribution in [3.8, 4) is 5.75 Å². The highest BCUT2D eigenvalue weighted by Gasteiger charge is 2.35. The Kier molecular flexibility index (Phi) is 6.84. The van der Waals surface area contributed by atoms with Crippen LogP contribution < -0.4 is 4.74 Å². The molecule has 0 aliphatic carbocycles. The SMILES string of the molecule is COc1cccc(C2CC(=O)N(N=C(Cc3ccnc4ccccc34)c3ccc(F)c(C(F)(F)F)c3)C2)c1. The van der Waals surface area contributed by atoms with Crippen LogP contribution in [-0.2, 0) is 17.4 Å². The van der Waals surface area contributed by atoms with Gasteiger partial charge in [-0.05, 0) is 53.1 Å². The van der Waals surface area contributed by atoms with E-state index < -0.39 is 17.6 Å². The first-order chi connectivity index (χ1) is 18.2. The molecule has 5 nitrogen and oxygen atoms in total. The molecule has 0 N–H and O–H groups in total. The summed E-state index contributed by atoms with van der Waals surface area (Å²) in [5, 5.41) is 6.66. The van der Waals surface area contributed by atoms with Crippen LogP contribution in [0.25, 0.3) is 10.9 Å². The standard InChI is InChI=1S/C29H23F4N3O2/c1-38-22-6-4-5-18(13-22)21-16-28(37)36(17-21)35-27(20-9-10-25(30)24(14-20)29(31,32)33)15-19-11-12-34-26-8-3-2-7-23(19)26/h2-14,21H,15-17H2,1H3. The second-order valence-electron chi connectivity index (χ2n) is 9.06. The van der Waals surface area contributed by atoms with Crippen molar-refractivity contribution in [3.05, 3.63) is 107 Å². The number of amides is 1. The molecule has 0 saturated carbocycles. The molecule has 1 aromatic heterocycles. The average Bonchev–Trinajstić information content (AvgIpc) is 3.28. The van der Waals surface area contributed by atoms with Gasteiger partial charge in [-0.15, -0.1) is 0 Å². The van der Waals surface area contributed by atoms with Gasteiger partial charge in [-0.3, -0.25) is 9.78 Å². The van der Waals surface area contributed by atoms with Crippen molar-refractivity contribution in [2.75, 3.05) is 13.7 Å². The van der Waals surface area contributed by atoms with Gasteiger partial charge >= 0.3 is 6.18 Å². The number of alkyl halides is 3. The molecule has 4 aromatic rings. The van der Waals surface area contributed by atoms with Crippen LogP contribution in [-0.4, -0.2) is 35.3 Å². The number of carbonyl (C=O) groups is 1. The maximum Gasteiger partial charge on any atom is 0.419 e. The number of para-hydroxylation sites is 1. The molecular weight excluding hydrogens is 498 g/mol. The molecule has 0 radical (unpaired) electrons. The van der Waals surface area contributed by atoms with Crippen LogP contribution in [0.2, 0.25) is 0 Å². The Morgan fingerprint density at radius 1 is 1.08 bits per heavy atom. The number of benzene rings is 3. The lowest BCUT2D eigenvalue weighted by atomic mass is 9.98. The van der Waals surface area contributed by atoms with Gasteiger partial charge in [0.1, 0.15) is 11.6 Å². The smallest absolute Gasteiger partial charge is 0.419 e. The fraction of sp³-hybridized carbons (Fsp3) is 0.207. The summed E-state index contributed by atoms with van der Waals surface area (Å²) >= 11 is 0. The van der Waals surface area contributed by atoms with Gasteiger partial charge in [0.2, 0.25) is 5.91 Å². The maximum atomic E-state index is 14.1. The fourth-order valence-electron chi connectivity index (χ4n) is 4.66. The average molecular weight is 522 g/mol. The van der Waals surface area contributed by atoms with E-state index >= 15 is 0 Å². The number of hydrazone groups is 1. The molecule has 1 saturated heterocycles. The van der Waals surface area contributed by atoms with Crippen molar-refractivity contribution in [2.24, 2.45) is 5.10 Å². The van der Waals surface area contributed by atoms with Gasteiger partial charge in [0.25, 0.3) is 0 Å². The van der Waals surface area contributed by atoms with E-state index in [0.717, 1.165) is 34.2 Å². The van der Waals surface area contributed by atoms with Gasteiger partial charge in [0.15, 0.2) is 0 Å². The van der Waals surface area contributed by atoms with Gasteiger partial charge in [-0.1, -0.05) is 36.4 Å². The van der Waals surface area contributed by atoms with Crippen LogP contribution in [0.15, 0.2) is 84.1 Å². The third-order valence-corrected chi connectivity index (χ3v) is 6.61. The molecule has 3 aromatic carbocycles. The molecule has 1 aliphatic rings. The summed E-state index contributed by atoms with van der Waals surface area (Å²) in [6, 6.07) is 19.3. The van der Waals surface area contributed by atoms with Crippen molar-refractivity contribution in [3.63, 3.8) is 0 Å². The van der Waals surface area contributed by atoms with E-state index in [1.165, 1.54) is 11.1 Å². The van der Waals surface area contributed by atoms with E-state index in [1.807, 2.05) is 42.5 Å². The molecule has 1 fully saturated rings. The fourth-order valence-corrected chi connectivity index (χ4v) is 4.66. The van der Waals surface area contributed by atoms with E-state index in [-0.39, 0.29) is 42.5 Å². The molecule has 1 unspecified atom stereocenters. The Labute approximate surface area is 216 Å². The zero-order chi connectivity index (χ0) is 26.9. The topological polar surface area (TPSA) is 54.8 Å². The number of hydrogen-bond donors (Lipinski definition) is 0. The van der Waals surface area contributed by atoms with Gasteiger partial charge in [-0.25, -0.2) is 9.40 Å². The second kappa shape index (κ2) is 10.2. The highest BCUT2D eigenvalue weighted by atomic mass is 19.4. The highest BCUT2D eigenvalue weighted by molar-refractivity contribution is 6.04. The van der Waals surface area contributed by atoms with Gasteiger partial charge in [0.05, 0.1) is 30.4 Å². The summed E-state index contributed by atoms with van der Waals surface area (Å²) in [5.41, 5.74) is 1.30. The quantitative estimate of drug-likeness (QED) is 0.219. The van der Waals surface area contributed by atoms with Crippen LogP contribution in [0, 0.1) is 5.82 Å². The first-order valence-corrected chi connectivity index (χ1v) is 11.9. The van der Waals surface area contributed by atoms with Crippen LogP contribution in [0.5, 0.6) is 5.75 Å². The Balaban J connectivity index is 1.55. The summed E-state index contributed by atoms with van der Waals surface area (Å²) in [4.78, 5) is 17.3. The first-order valence-electron chi connectivity index (χ1n) is 11.9. The molecule has 38 heavy (non-hydrogen) atoms. The van der Waals surface area contributed by atoms with Crippen LogP contribution in [0.3, 0.4) is 0 Å². The third kappa shape index (κ3) is 5.22. The summed E-state index contributed by atoms with van der Waals surface area (Å²) in [5.74, 6) is -1.13. The lowest BCUT2D eigenvalue weighted by molar-refractivity contribution is -0.140. The minimum absolute atomic E-state index is 0.0808. The van der Waals surface area contributed by atoms with Crippen molar-refractivity contribution in [2.45, 2.75) is 24.9 Å². The largest absolute Gasteiger partial charge is 0.497 e. The zero-order valence-corrected chi connectivity index (χ0v) is 20.4. The minimum Gasteiger partial charge on any atom is -0.497 e. The monoisotopic (exact) mass is 521 g/mol. The zero-order valence-electron chi connectivity index (χ0n) is 20.4. The molecule has 2 heterocycles. The Morgan fingerprint density at radius 3 is 2.68 bits per heavy atom. The Bertz CT molecular complexity index is 1530. The van der Waals surface area contributed by atoms with Crippen molar-refractivity contribution in [1.82, 2.24) is 9.99 Å². The first kappa shape index (κ1) is 25.4. The predicted molar refractivity (Wildman–Crippen MR) is 135 cm³/mol. The van der Waals surface area contributed by atoms with Gasteiger partial charge < -0.3 is 4.74 Å². The molecule has 0 spiro atoms. The molecule has 1 atom stereocenters. The number of aromatic nitrogens is 1. The van der Waals surface area contributed by atoms with Crippen LogP contribution >= 0.6 is 0 Å². The van der Waals surface area contributed by atoms with Gasteiger partial charge in [0, 0.05) is 30.3 Å². The van der Waals surface area contributed by atoms with E-state index in [2.05, 4.69) is 10.1 Å². The van der Waals surface area contributed by atoms with E-state index in [9.17, 15) is 22.4 Å². The molecule has 1 amide bonds. The number of pyridine rings is 1. The van der Waals surface area contributed by atoms with E-state index in [4.69, 9.17) is 4.74 Å². The summed E-state index contributed by atoms with van der Waals surface area (Å²) < 4.78 is 60.0. The number of fused-ring (bicyclic) bond motifs is 1. The normalized spacial score (nSPS) is 16.3. The third-order valence-electron chi connectivity index (χ3n) is 6.61. The van der Waals surface area contributed by atoms with Crippen molar-refractivity contribution >= 4 is 22.5 Å². The van der Waals surface area contributed by atoms with Crippen molar-refractivity contribution in [1.29, 1.82) is 0 Å².